The fourth-order valence-electron chi connectivity index (χ4n) is 7.50. The summed E-state index contributed by atoms with van der Waals surface area (Å²) in [5.74, 6) is 1.35. The average Bonchev–Trinajstić information content (AvgIpc) is 3.05. The summed E-state index contributed by atoms with van der Waals surface area (Å²) in [6.07, 6.45) is 4.96. The minimum Gasteiger partial charge on any atom is -0.457 e. The van der Waals surface area contributed by atoms with Crippen molar-refractivity contribution in [3.63, 3.8) is 0 Å². The van der Waals surface area contributed by atoms with E-state index in [4.69, 9.17) is 4.74 Å². The number of anilines is 3. The number of sulfonamides is 1. The molecule has 4 aromatic rings. The maximum atomic E-state index is 15.0. The third-order valence-electron chi connectivity index (χ3n) is 9.63. The normalized spacial score (nSPS) is 14.0. The molecule has 8 nitrogen and oxygen atoms in total. The van der Waals surface area contributed by atoms with Crippen LogP contribution in [0.5, 0.6) is 11.5 Å². The molecule has 2 amide bonds. The summed E-state index contributed by atoms with van der Waals surface area (Å²) >= 11 is 0. The van der Waals surface area contributed by atoms with E-state index in [2.05, 4.69) is 99.4 Å². The van der Waals surface area contributed by atoms with Gasteiger partial charge in [0.25, 0.3) is 0 Å². The fraction of sp³-hybridized carbons (Fsp3) is 0.405. The van der Waals surface area contributed by atoms with Gasteiger partial charge in [-0.15, -0.1) is 0 Å². The number of carbonyl (C=O) groups excluding carboxylic acids is 1. The molecule has 4 aromatic carbocycles. The number of aryl methyl sites for hydroxylation is 6. The standard InChI is InChI=1S/C42H54N4O4S/c1-9-10-21-45(42(47)46(40-31(4)24-29(2)25-32(40)5)41-33(6)26-30(3)27-34(41)7)37-19-22-44(23-20-37)28-35-11-15-38(16-12-35)50-39-17-13-36(14-18-39)43-51(8,48)49/h11-18,24-27,37,43H,9-10,19-23,28H2,1-8H3. The minimum atomic E-state index is -3.33. The number of benzene rings is 4. The van der Waals surface area contributed by atoms with E-state index >= 15 is 4.79 Å². The van der Waals surface area contributed by atoms with Crippen molar-refractivity contribution in [3.05, 3.63) is 112 Å². The molecular formula is C42H54N4O4S. The summed E-state index contributed by atoms with van der Waals surface area (Å²) in [6.45, 7) is 18.3. The lowest BCUT2D eigenvalue weighted by molar-refractivity contribution is 0.120. The summed E-state index contributed by atoms with van der Waals surface area (Å²) in [5.41, 5.74) is 10.5. The average molecular weight is 711 g/mol. The van der Waals surface area contributed by atoms with E-state index in [1.165, 1.54) is 16.7 Å². The number of hydrogen-bond donors (Lipinski definition) is 1. The van der Waals surface area contributed by atoms with Crippen LogP contribution in [0.2, 0.25) is 0 Å². The lowest BCUT2D eigenvalue weighted by Gasteiger charge is -2.42. The maximum Gasteiger partial charge on any atom is 0.329 e. The summed E-state index contributed by atoms with van der Waals surface area (Å²) in [6, 6.07) is 23.9. The first-order valence-corrected chi connectivity index (χ1v) is 19.9. The number of nitrogens with zero attached hydrogens (tertiary/aromatic N) is 3. The zero-order valence-electron chi connectivity index (χ0n) is 31.5. The van der Waals surface area contributed by atoms with Crippen LogP contribution in [-0.2, 0) is 16.6 Å². The van der Waals surface area contributed by atoms with Crippen LogP contribution in [-0.4, -0.2) is 56.2 Å². The zero-order valence-corrected chi connectivity index (χ0v) is 32.4. The van der Waals surface area contributed by atoms with Crippen LogP contribution >= 0.6 is 0 Å². The molecule has 1 aliphatic heterocycles. The van der Waals surface area contributed by atoms with Gasteiger partial charge >= 0.3 is 6.03 Å². The number of likely N-dealkylation sites (tertiary alicyclic amines) is 1. The van der Waals surface area contributed by atoms with Gasteiger partial charge in [0.05, 0.1) is 17.6 Å². The highest BCUT2D eigenvalue weighted by Crippen LogP contribution is 2.39. The van der Waals surface area contributed by atoms with Crippen molar-refractivity contribution in [3.8, 4) is 11.5 Å². The van der Waals surface area contributed by atoms with Crippen molar-refractivity contribution in [2.45, 2.75) is 86.7 Å². The van der Waals surface area contributed by atoms with Crippen LogP contribution < -0.4 is 14.4 Å². The second kappa shape index (κ2) is 16.3. The predicted molar refractivity (Wildman–Crippen MR) is 210 cm³/mol. The van der Waals surface area contributed by atoms with Gasteiger partial charge in [0, 0.05) is 37.9 Å². The molecule has 0 spiro atoms. The largest absolute Gasteiger partial charge is 0.457 e. The molecule has 0 bridgehead atoms. The van der Waals surface area contributed by atoms with Gasteiger partial charge in [0.15, 0.2) is 0 Å². The number of hydrogen-bond acceptors (Lipinski definition) is 5. The third kappa shape index (κ3) is 9.71. The Kier molecular flexibility index (Phi) is 12.1. The molecule has 0 radical (unpaired) electrons. The van der Waals surface area contributed by atoms with E-state index in [-0.39, 0.29) is 12.1 Å². The highest BCUT2D eigenvalue weighted by Gasteiger charge is 2.34. The Hall–Kier alpha value is -4.34. The lowest BCUT2D eigenvalue weighted by atomic mass is 9.99. The number of unbranched alkanes of at least 4 members (excludes halogenated alkanes) is 1. The van der Waals surface area contributed by atoms with Crippen LogP contribution in [0.25, 0.3) is 0 Å². The van der Waals surface area contributed by atoms with Crippen molar-refractivity contribution < 1.29 is 17.9 Å². The van der Waals surface area contributed by atoms with Crippen LogP contribution in [0, 0.1) is 41.5 Å². The van der Waals surface area contributed by atoms with E-state index in [1.54, 1.807) is 24.3 Å². The molecule has 1 N–H and O–H groups in total. The molecule has 0 aliphatic carbocycles. The Labute approximate surface area is 305 Å². The van der Waals surface area contributed by atoms with Gasteiger partial charge in [-0.3, -0.25) is 14.5 Å². The molecule has 1 heterocycles. The molecule has 9 heteroatoms. The van der Waals surface area contributed by atoms with Crippen molar-refractivity contribution in [2.24, 2.45) is 0 Å². The second-order valence-corrected chi connectivity index (χ2v) is 16.1. The Morgan fingerprint density at radius 3 is 1.71 bits per heavy atom. The van der Waals surface area contributed by atoms with Crippen molar-refractivity contribution in [1.82, 2.24) is 9.80 Å². The molecule has 1 aliphatic rings. The number of piperidine rings is 1. The number of nitrogens with one attached hydrogen (secondary N) is 1. The summed E-state index contributed by atoms with van der Waals surface area (Å²) in [5, 5.41) is 0. The number of amides is 2. The Morgan fingerprint density at radius 2 is 1.25 bits per heavy atom. The Morgan fingerprint density at radius 1 is 0.784 bits per heavy atom. The van der Waals surface area contributed by atoms with Crippen LogP contribution in [0.1, 0.15) is 71.6 Å². The van der Waals surface area contributed by atoms with Gasteiger partial charge < -0.3 is 9.64 Å². The van der Waals surface area contributed by atoms with Crippen LogP contribution in [0.4, 0.5) is 21.9 Å². The van der Waals surface area contributed by atoms with Crippen LogP contribution in [0.15, 0.2) is 72.8 Å². The quantitative estimate of drug-likeness (QED) is 0.158. The van der Waals surface area contributed by atoms with E-state index in [0.29, 0.717) is 17.2 Å². The number of urea groups is 1. The maximum absolute atomic E-state index is 15.0. The van der Waals surface area contributed by atoms with Gasteiger partial charge in [-0.05, 0) is 125 Å². The summed E-state index contributed by atoms with van der Waals surface area (Å²) < 4.78 is 31.4. The molecule has 1 fully saturated rings. The molecule has 0 saturated carbocycles. The minimum absolute atomic E-state index is 0.0731. The SMILES string of the molecule is CCCCN(C(=O)N(c1c(C)cc(C)cc1C)c1c(C)cc(C)cc1C)C1CCN(Cc2ccc(Oc3ccc(NS(C)(=O)=O)cc3)cc2)CC1. The molecule has 51 heavy (non-hydrogen) atoms. The molecule has 5 rings (SSSR count). The van der Waals surface area contributed by atoms with Gasteiger partial charge in [0.1, 0.15) is 11.5 Å². The smallest absolute Gasteiger partial charge is 0.329 e. The van der Waals surface area contributed by atoms with E-state index < -0.39 is 10.0 Å². The topological polar surface area (TPSA) is 82.2 Å². The van der Waals surface area contributed by atoms with Crippen molar-refractivity contribution in [2.75, 3.05) is 35.5 Å². The molecule has 0 aromatic heterocycles. The predicted octanol–water partition coefficient (Wildman–Crippen LogP) is 9.73. The fourth-order valence-corrected chi connectivity index (χ4v) is 8.06. The first-order valence-electron chi connectivity index (χ1n) is 18.1. The third-order valence-corrected chi connectivity index (χ3v) is 10.2. The highest BCUT2D eigenvalue weighted by molar-refractivity contribution is 7.92. The summed E-state index contributed by atoms with van der Waals surface area (Å²) in [4.78, 5) is 21.7. The molecule has 0 atom stereocenters. The lowest BCUT2D eigenvalue weighted by Crippen LogP contribution is -2.51. The monoisotopic (exact) mass is 710 g/mol. The highest BCUT2D eigenvalue weighted by atomic mass is 32.2. The van der Waals surface area contributed by atoms with Gasteiger partial charge in [0.2, 0.25) is 10.0 Å². The first kappa shape index (κ1) is 37.9. The van der Waals surface area contributed by atoms with E-state index in [0.717, 1.165) is 91.7 Å². The number of carbonyl (C=O) groups is 1. The molecular weight excluding hydrogens is 657 g/mol. The van der Waals surface area contributed by atoms with Gasteiger partial charge in [-0.25, -0.2) is 13.2 Å². The zero-order chi connectivity index (χ0) is 36.9. The molecule has 1 saturated heterocycles. The number of rotatable bonds is 12. The van der Waals surface area contributed by atoms with Gasteiger partial charge in [-0.1, -0.05) is 60.9 Å². The summed E-state index contributed by atoms with van der Waals surface area (Å²) in [7, 11) is -3.33. The van der Waals surface area contributed by atoms with Gasteiger partial charge in [-0.2, -0.15) is 0 Å². The second-order valence-electron chi connectivity index (χ2n) is 14.3. The number of ether oxygens (including phenoxy) is 1. The van der Waals surface area contributed by atoms with Crippen molar-refractivity contribution >= 4 is 33.1 Å². The van der Waals surface area contributed by atoms with Crippen LogP contribution in [0.3, 0.4) is 0 Å². The Balaban J connectivity index is 1.29. The molecule has 272 valence electrons. The van der Waals surface area contributed by atoms with E-state index in [9.17, 15) is 8.42 Å². The Bertz CT molecular complexity index is 1830. The van der Waals surface area contributed by atoms with E-state index in [1.807, 2.05) is 17.0 Å². The first-order chi connectivity index (χ1) is 24.2. The van der Waals surface area contributed by atoms with Crippen molar-refractivity contribution in [1.29, 1.82) is 0 Å². The molecule has 0 unspecified atom stereocenters.